The van der Waals surface area contributed by atoms with E-state index in [4.69, 9.17) is 5.26 Å². The van der Waals surface area contributed by atoms with Gasteiger partial charge in [0.1, 0.15) is 11.8 Å². The van der Waals surface area contributed by atoms with Gasteiger partial charge in [0.05, 0.1) is 0 Å². The third kappa shape index (κ3) is 3.12. The Kier molecular flexibility index (Phi) is 3.71. The van der Waals surface area contributed by atoms with Crippen molar-refractivity contribution in [1.29, 1.82) is 5.26 Å². The molecule has 0 aliphatic heterocycles. The second-order valence-corrected chi connectivity index (χ2v) is 5.78. The van der Waals surface area contributed by atoms with E-state index in [1.165, 1.54) is 5.56 Å². The van der Waals surface area contributed by atoms with Crippen molar-refractivity contribution in [2.75, 3.05) is 5.32 Å². The first-order chi connectivity index (χ1) is 9.40. The first-order valence-electron chi connectivity index (χ1n) is 6.51. The van der Waals surface area contributed by atoms with E-state index in [9.17, 15) is 0 Å². The quantitative estimate of drug-likeness (QED) is 0.900. The monoisotopic (exact) mass is 266 g/mol. The van der Waals surface area contributed by atoms with Crippen LogP contribution < -0.4 is 5.32 Å². The summed E-state index contributed by atoms with van der Waals surface area (Å²) in [6, 6.07) is 9.88. The molecule has 2 aromatic rings. The Morgan fingerprint density at radius 2 is 1.95 bits per heavy atom. The Labute approximate surface area is 119 Å². The van der Waals surface area contributed by atoms with Crippen LogP contribution in [0.15, 0.2) is 30.5 Å². The highest BCUT2D eigenvalue weighted by molar-refractivity contribution is 5.59. The van der Waals surface area contributed by atoms with Crippen LogP contribution in [0.5, 0.6) is 0 Å². The van der Waals surface area contributed by atoms with Gasteiger partial charge in [-0.2, -0.15) is 5.26 Å². The summed E-state index contributed by atoms with van der Waals surface area (Å²) < 4.78 is 0. The van der Waals surface area contributed by atoms with Gasteiger partial charge >= 0.3 is 0 Å². The maximum absolute atomic E-state index is 8.84. The highest BCUT2D eigenvalue weighted by atomic mass is 15.1. The zero-order valence-electron chi connectivity index (χ0n) is 12.2. The van der Waals surface area contributed by atoms with E-state index in [2.05, 4.69) is 48.2 Å². The Morgan fingerprint density at radius 1 is 1.20 bits per heavy atom. The number of nitriles is 1. The predicted molar refractivity (Wildman–Crippen MR) is 79.9 cm³/mol. The minimum absolute atomic E-state index is 0.126. The van der Waals surface area contributed by atoms with E-state index in [0.717, 1.165) is 11.3 Å². The molecule has 0 unspecified atom stereocenters. The third-order valence-corrected chi connectivity index (χ3v) is 3.11. The number of aromatic nitrogens is 2. The Hall–Kier alpha value is -2.41. The molecule has 0 spiro atoms. The van der Waals surface area contributed by atoms with E-state index in [-0.39, 0.29) is 5.41 Å². The van der Waals surface area contributed by atoms with Gasteiger partial charge in [-0.1, -0.05) is 32.9 Å². The predicted octanol–water partition coefficient (Wildman–Crippen LogP) is 3.70. The summed E-state index contributed by atoms with van der Waals surface area (Å²) in [6.07, 6.45) is 1.58. The maximum atomic E-state index is 8.84. The van der Waals surface area contributed by atoms with Crippen molar-refractivity contribution in [2.24, 2.45) is 0 Å². The summed E-state index contributed by atoms with van der Waals surface area (Å²) in [5.41, 5.74) is 3.84. The Bertz CT molecular complexity index is 663. The molecule has 2 rings (SSSR count). The Morgan fingerprint density at radius 3 is 2.55 bits per heavy atom. The normalized spacial score (nSPS) is 10.9. The SMILES string of the molecule is Cc1cc(C(C)(C)C)ccc1Nc1nccc(C#N)n1. The number of benzene rings is 1. The lowest BCUT2D eigenvalue weighted by molar-refractivity contribution is 0.590. The molecule has 0 aliphatic carbocycles. The fourth-order valence-electron chi connectivity index (χ4n) is 1.87. The molecule has 1 aromatic heterocycles. The van der Waals surface area contributed by atoms with Gasteiger partial charge in [-0.25, -0.2) is 9.97 Å². The first kappa shape index (κ1) is 14.0. The van der Waals surface area contributed by atoms with Gasteiger partial charge in [0, 0.05) is 11.9 Å². The third-order valence-electron chi connectivity index (χ3n) is 3.11. The lowest BCUT2D eigenvalue weighted by Crippen LogP contribution is -2.11. The minimum atomic E-state index is 0.126. The van der Waals surface area contributed by atoms with Crippen LogP contribution in [0.25, 0.3) is 0 Å². The Balaban J connectivity index is 2.28. The topological polar surface area (TPSA) is 61.6 Å². The van der Waals surface area contributed by atoms with E-state index < -0.39 is 0 Å². The molecule has 20 heavy (non-hydrogen) atoms. The molecular weight excluding hydrogens is 248 g/mol. The summed E-state index contributed by atoms with van der Waals surface area (Å²) >= 11 is 0. The summed E-state index contributed by atoms with van der Waals surface area (Å²) in [5.74, 6) is 0.440. The van der Waals surface area contributed by atoms with Gasteiger partial charge in [-0.15, -0.1) is 0 Å². The minimum Gasteiger partial charge on any atom is -0.324 e. The molecule has 0 aliphatic rings. The molecule has 0 bridgehead atoms. The van der Waals surface area contributed by atoms with Crippen LogP contribution in [0.2, 0.25) is 0 Å². The molecule has 0 saturated heterocycles. The zero-order valence-corrected chi connectivity index (χ0v) is 12.2. The summed E-state index contributed by atoms with van der Waals surface area (Å²) in [4.78, 5) is 8.24. The standard InChI is InChI=1S/C16H18N4/c1-11-9-12(16(2,3)4)5-6-14(11)20-15-18-8-7-13(10-17)19-15/h5-9H,1-4H3,(H,18,19,20). The fourth-order valence-corrected chi connectivity index (χ4v) is 1.87. The van der Waals surface area contributed by atoms with Gasteiger partial charge in [-0.3, -0.25) is 0 Å². The number of hydrogen-bond acceptors (Lipinski definition) is 4. The van der Waals surface area contributed by atoms with Gasteiger partial charge in [0.15, 0.2) is 0 Å². The van der Waals surface area contributed by atoms with Crippen LogP contribution in [0.1, 0.15) is 37.6 Å². The van der Waals surface area contributed by atoms with Crippen LogP contribution in [-0.4, -0.2) is 9.97 Å². The molecule has 4 heteroatoms. The van der Waals surface area contributed by atoms with E-state index in [1.54, 1.807) is 12.3 Å². The maximum Gasteiger partial charge on any atom is 0.228 e. The van der Waals surface area contributed by atoms with Crippen molar-refractivity contribution in [2.45, 2.75) is 33.1 Å². The van der Waals surface area contributed by atoms with Crippen molar-refractivity contribution < 1.29 is 0 Å². The molecule has 0 atom stereocenters. The summed E-state index contributed by atoms with van der Waals surface area (Å²) in [6.45, 7) is 8.61. The van der Waals surface area contributed by atoms with Crippen LogP contribution in [0.3, 0.4) is 0 Å². The molecule has 0 saturated carbocycles. The lowest BCUT2D eigenvalue weighted by atomic mass is 9.86. The van der Waals surface area contributed by atoms with Crippen molar-refractivity contribution in [3.8, 4) is 6.07 Å². The molecule has 4 nitrogen and oxygen atoms in total. The van der Waals surface area contributed by atoms with Crippen LogP contribution >= 0.6 is 0 Å². The first-order valence-corrected chi connectivity index (χ1v) is 6.51. The fraction of sp³-hybridized carbons (Fsp3) is 0.312. The van der Waals surface area contributed by atoms with Gasteiger partial charge in [0.2, 0.25) is 5.95 Å². The molecular formula is C16H18N4. The van der Waals surface area contributed by atoms with Crippen LogP contribution in [0, 0.1) is 18.3 Å². The van der Waals surface area contributed by atoms with Crippen molar-refractivity contribution in [3.05, 3.63) is 47.3 Å². The van der Waals surface area contributed by atoms with Crippen molar-refractivity contribution >= 4 is 11.6 Å². The molecule has 0 fully saturated rings. The summed E-state index contributed by atoms with van der Waals surface area (Å²) in [5, 5.41) is 12.0. The molecule has 1 heterocycles. The second kappa shape index (κ2) is 5.30. The smallest absolute Gasteiger partial charge is 0.228 e. The summed E-state index contributed by atoms with van der Waals surface area (Å²) in [7, 11) is 0. The number of hydrogen-bond donors (Lipinski definition) is 1. The molecule has 102 valence electrons. The van der Waals surface area contributed by atoms with Crippen molar-refractivity contribution in [3.63, 3.8) is 0 Å². The highest BCUT2D eigenvalue weighted by Crippen LogP contribution is 2.27. The zero-order chi connectivity index (χ0) is 14.8. The average Bonchev–Trinajstić information content (AvgIpc) is 2.40. The van der Waals surface area contributed by atoms with E-state index in [0.29, 0.717) is 11.6 Å². The highest BCUT2D eigenvalue weighted by Gasteiger charge is 2.14. The van der Waals surface area contributed by atoms with Gasteiger partial charge in [-0.05, 0) is 35.6 Å². The largest absolute Gasteiger partial charge is 0.324 e. The second-order valence-electron chi connectivity index (χ2n) is 5.78. The number of nitrogens with one attached hydrogen (secondary N) is 1. The number of anilines is 2. The van der Waals surface area contributed by atoms with Crippen LogP contribution in [0.4, 0.5) is 11.6 Å². The molecule has 0 radical (unpaired) electrons. The van der Waals surface area contributed by atoms with E-state index >= 15 is 0 Å². The molecule has 0 amide bonds. The number of nitrogens with zero attached hydrogens (tertiary/aromatic N) is 3. The number of rotatable bonds is 2. The lowest BCUT2D eigenvalue weighted by Gasteiger charge is -2.20. The van der Waals surface area contributed by atoms with Crippen molar-refractivity contribution in [1.82, 2.24) is 9.97 Å². The molecule has 1 N–H and O–H groups in total. The number of aryl methyl sites for hydroxylation is 1. The van der Waals surface area contributed by atoms with Crippen LogP contribution in [-0.2, 0) is 5.41 Å². The van der Waals surface area contributed by atoms with E-state index in [1.807, 2.05) is 19.1 Å². The molecule has 1 aromatic carbocycles. The average molecular weight is 266 g/mol. The van der Waals surface area contributed by atoms with Gasteiger partial charge < -0.3 is 5.32 Å². The van der Waals surface area contributed by atoms with Gasteiger partial charge in [0.25, 0.3) is 0 Å².